The van der Waals surface area contributed by atoms with Gasteiger partial charge in [0.2, 0.25) is 5.91 Å². The largest absolute Gasteiger partial charge is 0.339 e. The van der Waals surface area contributed by atoms with E-state index in [1.807, 2.05) is 44.2 Å². The summed E-state index contributed by atoms with van der Waals surface area (Å²) < 4.78 is 0. The molecule has 0 aliphatic rings. The maximum absolute atomic E-state index is 12.4. The highest BCUT2D eigenvalue weighted by molar-refractivity contribution is 5.95. The summed E-state index contributed by atoms with van der Waals surface area (Å²) in [5.74, 6) is -0.145. The first-order valence-electron chi connectivity index (χ1n) is 7.67. The van der Waals surface area contributed by atoms with Crippen LogP contribution in [-0.4, -0.2) is 34.8 Å². The van der Waals surface area contributed by atoms with Crippen molar-refractivity contribution in [2.75, 3.05) is 18.4 Å². The maximum Gasteiger partial charge on any atom is 0.255 e. The molecular weight excluding hydrogens is 290 g/mol. The van der Waals surface area contributed by atoms with Crippen LogP contribution in [0.1, 0.15) is 31.1 Å². The molecule has 1 aromatic carbocycles. The van der Waals surface area contributed by atoms with E-state index >= 15 is 0 Å². The van der Waals surface area contributed by atoms with Crippen LogP contribution in [0.25, 0.3) is 11.1 Å². The van der Waals surface area contributed by atoms with Crippen LogP contribution in [0, 0.1) is 0 Å². The Morgan fingerprint density at radius 1 is 1.09 bits per heavy atom. The zero-order valence-corrected chi connectivity index (χ0v) is 13.7. The van der Waals surface area contributed by atoms with E-state index in [1.54, 1.807) is 17.3 Å². The number of nitrogens with one attached hydrogen (secondary N) is 1. The molecule has 1 N–H and O–H groups in total. The van der Waals surface area contributed by atoms with E-state index in [2.05, 4.69) is 10.3 Å². The lowest BCUT2D eigenvalue weighted by Gasteiger charge is -2.18. The Bertz CT molecular complexity index is 709. The van der Waals surface area contributed by atoms with Crippen molar-refractivity contribution < 1.29 is 9.59 Å². The SMILES string of the molecule is CCN(CC)C(=O)c1cncc(-c2cccc(NC(C)=O)c2)c1. The average molecular weight is 311 g/mol. The van der Waals surface area contributed by atoms with Crippen molar-refractivity contribution in [2.24, 2.45) is 0 Å². The summed E-state index contributed by atoms with van der Waals surface area (Å²) in [6.45, 7) is 6.71. The van der Waals surface area contributed by atoms with Crippen LogP contribution < -0.4 is 5.32 Å². The molecule has 0 radical (unpaired) electrons. The lowest BCUT2D eigenvalue weighted by Crippen LogP contribution is -2.30. The topological polar surface area (TPSA) is 62.3 Å². The van der Waals surface area contributed by atoms with Gasteiger partial charge < -0.3 is 10.2 Å². The summed E-state index contributed by atoms with van der Waals surface area (Å²) in [6, 6.07) is 9.31. The first-order valence-corrected chi connectivity index (χ1v) is 7.67. The molecule has 2 rings (SSSR count). The summed E-state index contributed by atoms with van der Waals surface area (Å²) in [5.41, 5.74) is 3.03. The van der Waals surface area contributed by atoms with E-state index < -0.39 is 0 Å². The van der Waals surface area contributed by atoms with E-state index in [0.29, 0.717) is 18.7 Å². The molecule has 0 spiro atoms. The van der Waals surface area contributed by atoms with Crippen LogP contribution in [0.4, 0.5) is 5.69 Å². The van der Waals surface area contributed by atoms with Crippen molar-refractivity contribution >= 4 is 17.5 Å². The Morgan fingerprint density at radius 2 is 1.83 bits per heavy atom. The van der Waals surface area contributed by atoms with Gasteiger partial charge in [-0.15, -0.1) is 0 Å². The molecule has 0 unspecified atom stereocenters. The number of aromatic nitrogens is 1. The minimum Gasteiger partial charge on any atom is -0.339 e. The highest BCUT2D eigenvalue weighted by atomic mass is 16.2. The molecule has 1 aromatic heterocycles. The van der Waals surface area contributed by atoms with Crippen LogP contribution in [0.3, 0.4) is 0 Å². The Morgan fingerprint density at radius 3 is 2.48 bits per heavy atom. The van der Waals surface area contributed by atoms with E-state index in [4.69, 9.17) is 0 Å². The average Bonchev–Trinajstić information content (AvgIpc) is 2.55. The third kappa shape index (κ3) is 4.16. The number of carbonyl (C=O) groups excluding carboxylic acids is 2. The summed E-state index contributed by atoms with van der Waals surface area (Å²) >= 11 is 0. The number of nitrogens with zero attached hydrogens (tertiary/aromatic N) is 2. The number of pyridine rings is 1. The number of hydrogen-bond acceptors (Lipinski definition) is 3. The van der Waals surface area contributed by atoms with Gasteiger partial charge in [0.05, 0.1) is 5.56 Å². The van der Waals surface area contributed by atoms with Gasteiger partial charge in [-0.25, -0.2) is 0 Å². The fraction of sp³-hybridized carbons (Fsp3) is 0.278. The van der Waals surface area contributed by atoms with Gasteiger partial charge in [0, 0.05) is 43.7 Å². The van der Waals surface area contributed by atoms with Crippen molar-refractivity contribution in [1.29, 1.82) is 0 Å². The number of hydrogen-bond donors (Lipinski definition) is 1. The zero-order valence-electron chi connectivity index (χ0n) is 13.7. The standard InChI is InChI=1S/C18H21N3O2/c1-4-21(5-2)18(23)16-9-15(11-19-12-16)14-7-6-8-17(10-14)20-13(3)22/h6-12H,4-5H2,1-3H3,(H,20,22). The molecule has 2 amide bonds. The highest BCUT2D eigenvalue weighted by Crippen LogP contribution is 2.23. The summed E-state index contributed by atoms with van der Waals surface area (Å²) in [4.78, 5) is 29.6. The van der Waals surface area contributed by atoms with Gasteiger partial charge in [-0.3, -0.25) is 14.6 Å². The minimum absolute atomic E-state index is 0.0256. The van der Waals surface area contributed by atoms with Crippen molar-refractivity contribution in [2.45, 2.75) is 20.8 Å². The first-order chi connectivity index (χ1) is 11.0. The normalized spacial score (nSPS) is 10.2. The van der Waals surface area contributed by atoms with Crippen LogP contribution in [0.15, 0.2) is 42.7 Å². The third-order valence-electron chi connectivity index (χ3n) is 3.55. The summed E-state index contributed by atoms with van der Waals surface area (Å²) in [5, 5.41) is 2.75. The molecule has 0 fully saturated rings. The van der Waals surface area contributed by atoms with Crippen LogP contribution in [0.2, 0.25) is 0 Å². The number of carbonyl (C=O) groups is 2. The summed E-state index contributed by atoms with van der Waals surface area (Å²) in [6.07, 6.45) is 3.30. The van der Waals surface area contributed by atoms with Crippen molar-refractivity contribution in [3.63, 3.8) is 0 Å². The lowest BCUT2D eigenvalue weighted by atomic mass is 10.0. The second kappa shape index (κ2) is 7.54. The number of benzene rings is 1. The van der Waals surface area contributed by atoms with Crippen molar-refractivity contribution in [1.82, 2.24) is 9.88 Å². The molecule has 0 bridgehead atoms. The molecular formula is C18H21N3O2. The van der Waals surface area contributed by atoms with Gasteiger partial charge in [0.25, 0.3) is 5.91 Å². The van der Waals surface area contributed by atoms with Gasteiger partial charge in [-0.2, -0.15) is 0 Å². The second-order valence-electron chi connectivity index (χ2n) is 5.20. The van der Waals surface area contributed by atoms with Gasteiger partial charge in [-0.1, -0.05) is 12.1 Å². The quantitative estimate of drug-likeness (QED) is 0.922. The highest BCUT2D eigenvalue weighted by Gasteiger charge is 2.13. The van der Waals surface area contributed by atoms with Crippen molar-refractivity contribution in [3.05, 3.63) is 48.3 Å². The molecule has 0 saturated heterocycles. The molecule has 0 aliphatic carbocycles. The van der Waals surface area contributed by atoms with Crippen LogP contribution in [0.5, 0.6) is 0 Å². The van der Waals surface area contributed by atoms with E-state index in [0.717, 1.165) is 16.8 Å². The Hall–Kier alpha value is -2.69. The molecule has 120 valence electrons. The smallest absolute Gasteiger partial charge is 0.255 e. The van der Waals surface area contributed by atoms with E-state index in [9.17, 15) is 9.59 Å². The molecule has 2 aromatic rings. The predicted octanol–water partition coefficient (Wildman–Crippen LogP) is 3.19. The van der Waals surface area contributed by atoms with Gasteiger partial charge >= 0.3 is 0 Å². The molecule has 1 heterocycles. The molecule has 0 saturated carbocycles. The fourth-order valence-corrected chi connectivity index (χ4v) is 2.39. The Balaban J connectivity index is 2.33. The number of amides is 2. The van der Waals surface area contributed by atoms with Gasteiger partial charge in [0.1, 0.15) is 0 Å². The van der Waals surface area contributed by atoms with Crippen LogP contribution in [-0.2, 0) is 4.79 Å². The zero-order chi connectivity index (χ0) is 16.8. The Kier molecular flexibility index (Phi) is 5.46. The molecule has 0 atom stereocenters. The molecule has 23 heavy (non-hydrogen) atoms. The lowest BCUT2D eigenvalue weighted by molar-refractivity contribution is -0.114. The fourth-order valence-electron chi connectivity index (χ4n) is 2.39. The molecule has 5 heteroatoms. The summed E-state index contributed by atoms with van der Waals surface area (Å²) in [7, 11) is 0. The first kappa shape index (κ1) is 16.7. The monoisotopic (exact) mass is 311 g/mol. The van der Waals surface area contributed by atoms with Gasteiger partial charge in [-0.05, 0) is 37.6 Å². The van der Waals surface area contributed by atoms with Crippen molar-refractivity contribution in [3.8, 4) is 11.1 Å². The minimum atomic E-state index is -0.120. The van der Waals surface area contributed by atoms with E-state index in [-0.39, 0.29) is 11.8 Å². The van der Waals surface area contributed by atoms with Crippen LogP contribution >= 0.6 is 0 Å². The predicted molar refractivity (Wildman–Crippen MR) is 91.2 cm³/mol. The number of rotatable bonds is 5. The second-order valence-corrected chi connectivity index (χ2v) is 5.20. The van der Waals surface area contributed by atoms with Gasteiger partial charge in [0.15, 0.2) is 0 Å². The van der Waals surface area contributed by atoms with E-state index in [1.165, 1.54) is 6.92 Å². The third-order valence-corrected chi connectivity index (χ3v) is 3.55. The number of anilines is 1. The maximum atomic E-state index is 12.4. The Labute approximate surface area is 136 Å². The molecule has 0 aliphatic heterocycles. The molecule has 5 nitrogen and oxygen atoms in total.